The van der Waals surface area contributed by atoms with E-state index in [-0.39, 0.29) is 5.97 Å². The summed E-state index contributed by atoms with van der Waals surface area (Å²) in [6.07, 6.45) is 7.53. The number of rotatable bonds is 3. The third kappa shape index (κ3) is 3.19. The van der Waals surface area contributed by atoms with Crippen LogP contribution in [0.25, 0.3) is 0 Å². The first-order valence-corrected chi connectivity index (χ1v) is 8.77. The Morgan fingerprint density at radius 3 is 2.57 bits per heavy atom. The van der Waals surface area contributed by atoms with E-state index >= 15 is 0 Å². The summed E-state index contributed by atoms with van der Waals surface area (Å²) in [6.45, 7) is 11.6. The van der Waals surface area contributed by atoms with Gasteiger partial charge < -0.3 is 4.74 Å². The Hall–Kier alpha value is -0.790. The molecule has 2 saturated carbocycles. The molecule has 0 N–H and O–H groups in total. The molecule has 2 nitrogen and oxygen atoms in total. The molecule has 0 aromatic rings. The largest absolute Gasteiger partial charge is 0.463 e. The Morgan fingerprint density at radius 2 is 1.95 bits per heavy atom. The van der Waals surface area contributed by atoms with Crippen molar-refractivity contribution in [3.63, 3.8) is 0 Å². The van der Waals surface area contributed by atoms with Gasteiger partial charge in [-0.3, -0.25) is 0 Å². The van der Waals surface area contributed by atoms with Gasteiger partial charge in [0.15, 0.2) is 0 Å². The minimum atomic E-state index is -0.105. The zero-order chi connectivity index (χ0) is 15.6. The van der Waals surface area contributed by atoms with E-state index < -0.39 is 0 Å². The molecule has 0 aliphatic heterocycles. The molecule has 0 spiro atoms. The number of hydrogen-bond donors (Lipinski definition) is 0. The molecule has 2 aliphatic carbocycles. The van der Waals surface area contributed by atoms with Gasteiger partial charge >= 0.3 is 5.97 Å². The maximum absolute atomic E-state index is 12.0. The predicted molar refractivity (Wildman–Crippen MR) is 87.0 cm³/mol. The van der Waals surface area contributed by atoms with Gasteiger partial charge in [-0.25, -0.2) is 4.79 Å². The van der Waals surface area contributed by atoms with Crippen molar-refractivity contribution in [2.45, 2.75) is 73.1 Å². The molecular weight excluding hydrogens is 260 g/mol. The molecule has 2 fully saturated rings. The van der Waals surface area contributed by atoms with Gasteiger partial charge in [-0.1, -0.05) is 32.8 Å². The molecule has 0 heterocycles. The van der Waals surface area contributed by atoms with Crippen molar-refractivity contribution >= 4 is 5.97 Å². The Balaban J connectivity index is 2.19. The Labute approximate surface area is 130 Å². The maximum Gasteiger partial charge on any atom is 0.333 e. The van der Waals surface area contributed by atoms with Gasteiger partial charge in [-0.15, -0.1) is 0 Å². The number of ether oxygens (including phenoxy) is 1. The summed E-state index contributed by atoms with van der Waals surface area (Å²) in [5.41, 5.74) is 2.64. The molecule has 2 rings (SSSR count). The van der Waals surface area contributed by atoms with Gasteiger partial charge in [0.2, 0.25) is 0 Å². The summed E-state index contributed by atoms with van der Waals surface area (Å²) in [5.74, 6) is 2.33. The minimum absolute atomic E-state index is 0.105. The zero-order valence-corrected chi connectivity index (χ0v) is 14.5. The molecule has 21 heavy (non-hydrogen) atoms. The molecule has 3 atom stereocenters. The monoisotopic (exact) mass is 292 g/mol. The molecular formula is C19H32O2. The van der Waals surface area contributed by atoms with Crippen molar-refractivity contribution in [3.05, 3.63) is 11.1 Å². The molecule has 2 aliphatic rings. The Bertz CT molecular complexity index is 419. The van der Waals surface area contributed by atoms with Gasteiger partial charge in [-0.05, 0) is 69.1 Å². The van der Waals surface area contributed by atoms with Crippen LogP contribution in [-0.2, 0) is 9.53 Å². The highest BCUT2D eigenvalue weighted by Crippen LogP contribution is 2.55. The lowest BCUT2D eigenvalue weighted by Crippen LogP contribution is -2.43. The second kappa shape index (κ2) is 6.54. The number of allylic oxidation sites excluding steroid dienone is 1. The van der Waals surface area contributed by atoms with E-state index in [1.54, 1.807) is 0 Å². The molecule has 0 aromatic heterocycles. The van der Waals surface area contributed by atoms with E-state index in [0.717, 1.165) is 36.2 Å². The van der Waals surface area contributed by atoms with E-state index in [4.69, 9.17) is 4.74 Å². The van der Waals surface area contributed by atoms with Crippen LogP contribution < -0.4 is 0 Å². The van der Waals surface area contributed by atoms with Crippen molar-refractivity contribution in [1.82, 2.24) is 0 Å². The zero-order valence-electron chi connectivity index (χ0n) is 14.5. The second-order valence-corrected chi connectivity index (χ2v) is 7.56. The van der Waals surface area contributed by atoms with Crippen LogP contribution in [0, 0.1) is 23.2 Å². The van der Waals surface area contributed by atoms with Crippen LogP contribution in [0.15, 0.2) is 11.1 Å². The summed E-state index contributed by atoms with van der Waals surface area (Å²) >= 11 is 0. The fourth-order valence-electron chi connectivity index (χ4n) is 4.86. The number of esters is 1. The van der Waals surface area contributed by atoms with Crippen molar-refractivity contribution in [2.24, 2.45) is 23.2 Å². The fraction of sp³-hybridized carbons (Fsp3) is 0.842. The first-order valence-electron chi connectivity index (χ1n) is 8.77. The van der Waals surface area contributed by atoms with Crippen LogP contribution in [0.1, 0.15) is 73.1 Å². The van der Waals surface area contributed by atoms with E-state index in [1.807, 2.05) is 13.8 Å². The molecule has 0 bridgehead atoms. The lowest BCUT2D eigenvalue weighted by Gasteiger charge is -2.52. The molecule has 0 aromatic carbocycles. The smallest absolute Gasteiger partial charge is 0.333 e. The van der Waals surface area contributed by atoms with E-state index in [0.29, 0.717) is 12.0 Å². The highest BCUT2D eigenvalue weighted by Gasteiger charge is 2.46. The summed E-state index contributed by atoms with van der Waals surface area (Å²) in [5, 5.41) is 0. The number of carbonyl (C=O) groups excluding carboxylic acids is 1. The highest BCUT2D eigenvalue weighted by molar-refractivity contribution is 5.88. The van der Waals surface area contributed by atoms with Crippen molar-refractivity contribution in [2.75, 3.05) is 6.61 Å². The summed E-state index contributed by atoms with van der Waals surface area (Å²) in [7, 11) is 0. The lowest BCUT2D eigenvalue weighted by molar-refractivity contribution is -0.138. The second-order valence-electron chi connectivity index (χ2n) is 7.56. The summed E-state index contributed by atoms with van der Waals surface area (Å²) in [4.78, 5) is 12.0. The molecule has 3 unspecified atom stereocenters. The fourth-order valence-corrected chi connectivity index (χ4v) is 4.86. The number of fused-ring (bicyclic) bond motifs is 1. The predicted octanol–water partition coefficient (Wildman–Crippen LogP) is 5.13. The molecule has 0 amide bonds. The van der Waals surface area contributed by atoms with Crippen LogP contribution in [0.2, 0.25) is 0 Å². The van der Waals surface area contributed by atoms with E-state index in [2.05, 4.69) is 20.8 Å². The minimum Gasteiger partial charge on any atom is -0.463 e. The third-order valence-corrected chi connectivity index (χ3v) is 6.35. The van der Waals surface area contributed by atoms with Gasteiger partial charge in [0.1, 0.15) is 0 Å². The third-order valence-electron chi connectivity index (χ3n) is 6.35. The van der Waals surface area contributed by atoms with Gasteiger partial charge in [0, 0.05) is 5.57 Å². The molecule has 2 heteroatoms. The average molecular weight is 292 g/mol. The van der Waals surface area contributed by atoms with Gasteiger partial charge in [0.05, 0.1) is 6.61 Å². The number of hydrogen-bond acceptors (Lipinski definition) is 2. The van der Waals surface area contributed by atoms with E-state index in [1.165, 1.54) is 31.3 Å². The maximum atomic E-state index is 12.0. The Kier molecular flexibility index (Phi) is 5.16. The van der Waals surface area contributed by atoms with E-state index in [9.17, 15) is 4.79 Å². The van der Waals surface area contributed by atoms with Crippen molar-refractivity contribution in [1.29, 1.82) is 0 Å². The van der Waals surface area contributed by atoms with Crippen molar-refractivity contribution in [3.8, 4) is 0 Å². The van der Waals surface area contributed by atoms with Crippen LogP contribution in [-0.4, -0.2) is 12.6 Å². The van der Waals surface area contributed by atoms with Gasteiger partial charge in [-0.2, -0.15) is 0 Å². The van der Waals surface area contributed by atoms with Gasteiger partial charge in [0.25, 0.3) is 0 Å². The first kappa shape index (κ1) is 16.6. The highest BCUT2D eigenvalue weighted by atomic mass is 16.5. The quantitative estimate of drug-likeness (QED) is 0.532. The van der Waals surface area contributed by atoms with Crippen LogP contribution in [0.3, 0.4) is 0 Å². The molecule has 0 radical (unpaired) electrons. The van der Waals surface area contributed by atoms with Crippen LogP contribution >= 0.6 is 0 Å². The number of carbonyl (C=O) groups is 1. The average Bonchev–Trinajstić information content (AvgIpc) is 2.46. The summed E-state index contributed by atoms with van der Waals surface area (Å²) in [6, 6.07) is 0. The SMILES string of the molecule is CCOC(=O)/C(C)=C1\CCC2CCC(CC)C(C)(C)C2C1. The molecule has 0 saturated heterocycles. The lowest BCUT2D eigenvalue weighted by atomic mass is 9.53. The summed E-state index contributed by atoms with van der Waals surface area (Å²) < 4.78 is 5.19. The van der Waals surface area contributed by atoms with Crippen molar-refractivity contribution < 1.29 is 9.53 Å². The Morgan fingerprint density at radius 1 is 1.24 bits per heavy atom. The topological polar surface area (TPSA) is 26.3 Å². The first-order chi connectivity index (χ1) is 9.91. The standard InChI is InChI=1S/C19H32O2/c1-6-16-11-10-14-8-9-15(12-17(14)19(16,4)5)13(3)18(20)21-7-2/h14,16-17H,6-12H2,1-5H3/b15-13+. The molecule has 120 valence electrons. The normalized spacial score (nSPS) is 34.0. The van der Waals surface area contributed by atoms with Crippen LogP contribution in [0.5, 0.6) is 0 Å². The van der Waals surface area contributed by atoms with Crippen LogP contribution in [0.4, 0.5) is 0 Å².